The molecule has 1 aromatic carbocycles. The summed E-state index contributed by atoms with van der Waals surface area (Å²) < 4.78 is 5.71. The number of amides is 1. The zero-order valence-electron chi connectivity index (χ0n) is 13.8. The quantitative estimate of drug-likeness (QED) is 0.922. The highest BCUT2D eigenvalue weighted by Gasteiger charge is 2.22. The van der Waals surface area contributed by atoms with Crippen molar-refractivity contribution in [3.63, 3.8) is 0 Å². The van der Waals surface area contributed by atoms with Crippen LogP contribution >= 0.6 is 11.3 Å². The van der Waals surface area contributed by atoms with Crippen LogP contribution in [0.15, 0.2) is 24.3 Å². The molecule has 4 nitrogen and oxygen atoms in total. The molecule has 122 valence electrons. The van der Waals surface area contributed by atoms with Gasteiger partial charge in [0.25, 0.3) is 5.91 Å². The number of carbonyl (C=O) groups is 1. The maximum Gasteiger partial charge on any atom is 0.266 e. The van der Waals surface area contributed by atoms with Crippen molar-refractivity contribution >= 4 is 22.4 Å². The molecule has 0 fully saturated rings. The molecule has 0 bridgehead atoms. The smallest absolute Gasteiger partial charge is 0.266 e. The van der Waals surface area contributed by atoms with E-state index < -0.39 is 6.10 Å². The summed E-state index contributed by atoms with van der Waals surface area (Å²) in [4.78, 5) is 18.2. The number of benzene rings is 1. The number of nitrogens with one attached hydrogen (secondary N) is 1. The van der Waals surface area contributed by atoms with Crippen LogP contribution in [0.5, 0.6) is 5.75 Å². The summed E-state index contributed by atoms with van der Waals surface area (Å²) in [6.07, 6.45) is 2.70. The van der Waals surface area contributed by atoms with Crippen LogP contribution in [0.25, 0.3) is 0 Å². The minimum Gasteiger partial charge on any atom is -0.481 e. The lowest BCUT2D eigenvalue weighted by Gasteiger charge is -2.15. The molecule has 2 aromatic rings. The minimum absolute atomic E-state index is 0.161. The summed E-state index contributed by atoms with van der Waals surface area (Å²) in [5.74, 6) is 1.25. The van der Waals surface area contributed by atoms with Crippen LogP contribution in [0.2, 0.25) is 0 Å². The third kappa shape index (κ3) is 3.91. The number of aromatic nitrogens is 1. The van der Waals surface area contributed by atoms with Crippen molar-refractivity contribution < 1.29 is 9.53 Å². The van der Waals surface area contributed by atoms with Crippen LogP contribution in [0, 0.1) is 12.8 Å². The van der Waals surface area contributed by atoms with E-state index in [1.807, 2.05) is 31.2 Å². The van der Waals surface area contributed by atoms with Gasteiger partial charge in [0.05, 0.1) is 5.69 Å². The Kier molecular flexibility index (Phi) is 4.66. The normalized spacial score (nSPS) is 18.1. The molecule has 1 aromatic heterocycles. The lowest BCUT2D eigenvalue weighted by Crippen LogP contribution is -2.30. The Labute approximate surface area is 140 Å². The Morgan fingerprint density at radius 3 is 3.09 bits per heavy atom. The molecule has 1 amide bonds. The van der Waals surface area contributed by atoms with Crippen molar-refractivity contribution in [1.82, 2.24) is 4.98 Å². The first-order chi connectivity index (χ1) is 11.0. The summed E-state index contributed by atoms with van der Waals surface area (Å²) in [6, 6.07) is 7.71. The van der Waals surface area contributed by atoms with E-state index in [9.17, 15) is 4.79 Å². The van der Waals surface area contributed by atoms with Crippen LogP contribution in [0.3, 0.4) is 0 Å². The molecule has 0 aliphatic heterocycles. The molecule has 0 spiro atoms. The van der Waals surface area contributed by atoms with Gasteiger partial charge in [0.1, 0.15) is 5.75 Å². The monoisotopic (exact) mass is 330 g/mol. The summed E-state index contributed by atoms with van der Waals surface area (Å²) in [5, 5.41) is 3.58. The molecule has 0 saturated heterocycles. The standard InChI is InChI=1S/C18H22N2O2S/c1-11-5-4-6-14(9-11)22-13(3)17(21)20-18-19-15-8-7-12(2)10-16(15)23-18/h4-6,9,12-13H,7-8,10H2,1-3H3,(H,19,20,21)/t12-,13-/m0/s1. The number of nitrogens with zero attached hydrogens (tertiary/aromatic N) is 1. The predicted molar refractivity (Wildman–Crippen MR) is 93.2 cm³/mol. The average Bonchev–Trinajstić information content (AvgIpc) is 2.88. The van der Waals surface area contributed by atoms with Gasteiger partial charge in [-0.05, 0) is 56.7 Å². The Hall–Kier alpha value is -1.88. The number of hydrogen-bond acceptors (Lipinski definition) is 4. The molecule has 0 radical (unpaired) electrons. The molecule has 1 aliphatic rings. The van der Waals surface area contributed by atoms with E-state index in [0.29, 0.717) is 16.8 Å². The van der Waals surface area contributed by atoms with Crippen molar-refractivity contribution in [2.75, 3.05) is 5.32 Å². The zero-order chi connectivity index (χ0) is 16.4. The number of carbonyl (C=O) groups excluding carboxylic acids is 1. The second-order valence-electron chi connectivity index (χ2n) is 6.30. The lowest BCUT2D eigenvalue weighted by atomic mass is 9.93. The topological polar surface area (TPSA) is 51.2 Å². The first-order valence-corrected chi connectivity index (χ1v) is 8.85. The molecule has 5 heteroatoms. The van der Waals surface area contributed by atoms with E-state index in [2.05, 4.69) is 17.2 Å². The molecule has 0 unspecified atom stereocenters. The van der Waals surface area contributed by atoms with Crippen molar-refractivity contribution in [1.29, 1.82) is 0 Å². The van der Waals surface area contributed by atoms with Crippen molar-refractivity contribution in [2.45, 2.75) is 46.1 Å². The Morgan fingerprint density at radius 1 is 1.48 bits per heavy atom. The fourth-order valence-electron chi connectivity index (χ4n) is 2.75. The number of ether oxygens (including phenoxy) is 1. The lowest BCUT2D eigenvalue weighted by molar-refractivity contribution is -0.122. The highest BCUT2D eigenvalue weighted by molar-refractivity contribution is 7.15. The van der Waals surface area contributed by atoms with E-state index in [0.717, 1.165) is 24.1 Å². The first kappa shape index (κ1) is 16.0. The van der Waals surface area contributed by atoms with Gasteiger partial charge in [-0.15, -0.1) is 11.3 Å². The molecule has 23 heavy (non-hydrogen) atoms. The molecule has 1 aliphatic carbocycles. The zero-order valence-corrected chi connectivity index (χ0v) is 14.6. The van der Waals surface area contributed by atoms with Crippen LogP contribution in [0.1, 0.15) is 36.4 Å². The fraction of sp³-hybridized carbons (Fsp3) is 0.444. The number of anilines is 1. The number of thiazole rings is 1. The average molecular weight is 330 g/mol. The van der Waals surface area contributed by atoms with E-state index in [1.54, 1.807) is 18.3 Å². The first-order valence-electron chi connectivity index (χ1n) is 8.04. The summed E-state index contributed by atoms with van der Waals surface area (Å²) in [6.45, 7) is 6.02. The van der Waals surface area contributed by atoms with Gasteiger partial charge < -0.3 is 4.74 Å². The van der Waals surface area contributed by atoms with Crippen LogP contribution < -0.4 is 10.1 Å². The second kappa shape index (κ2) is 6.71. The van der Waals surface area contributed by atoms with Gasteiger partial charge >= 0.3 is 0 Å². The third-order valence-electron chi connectivity index (χ3n) is 4.09. The largest absolute Gasteiger partial charge is 0.481 e. The van der Waals surface area contributed by atoms with E-state index in [1.165, 1.54) is 11.3 Å². The molecule has 3 rings (SSSR count). The molecule has 0 saturated carbocycles. The fourth-order valence-corrected chi connectivity index (χ4v) is 3.92. The van der Waals surface area contributed by atoms with E-state index in [-0.39, 0.29) is 5.91 Å². The van der Waals surface area contributed by atoms with Crippen LogP contribution in [-0.4, -0.2) is 17.0 Å². The molecule has 2 atom stereocenters. The molecule has 1 heterocycles. The van der Waals surface area contributed by atoms with Crippen LogP contribution in [0.4, 0.5) is 5.13 Å². The van der Waals surface area contributed by atoms with Crippen molar-refractivity contribution in [3.8, 4) is 5.75 Å². The minimum atomic E-state index is -0.559. The number of aryl methyl sites for hydroxylation is 2. The Bertz CT molecular complexity index is 711. The van der Waals surface area contributed by atoms with Crippen molar-refractivity contribution in [3.05, 3.63) is 40.4 Å². The van der Waals surface area contributed by atoms with Gasteiger partial charge in [-0.2, -0.15) is 0 Å². The highest BCUT2D eigenvalue weighted by Crippen LogP contribution is 2.32. The molecular formula is C18H22N2O2S. The maximum absolute atomic E-state index is 12.3. The van der Waals surface area contributed by atoms with Crippen molar-refractivity contribution in [2.24, 2.45) is 5.92 Å². The van der Waals surface area contributed by atoms with E-state index in [4.69, 9.17) is 4.74 Å². The Balaban J connectivity index is 1.62. The number of fused-ring (bicyclic) bond motifs is 1. The van der Waals surface area contributed by atoms with Gasteiger partial charge in [0, 0.05) is 4.88 Å². The number of rotatable bonds is 4. The van der Waals surface area contributed by atoms with Gasteiger partial charge in [-0.25, -0.2) is 4.98 Å². The Morgan fingerprint density at radius 2 is 2.30 bits per heavy atom. The third-order valence-corrected chi connectivity index (χ3v) is 5.12. The summed E-state index contributed by atoms with van der Waals surface area (Å²) in [5.41, 5.74) is 2.26. The van der Waals surface area contributed by atoms with Crippen LogP contribution in [-0.2, 0) is 17.6 Å². The van der Waals surface area contributed by atoms with Gasteiger partial charge in [-0.3, -0.25) is 10.1 Å². The SMILES string of the molecule is Cc1cccc(O[C@@H](C)C(=O)Nc2nc3c(s2)C[C@@H](C)CC3)c1. The van der Waals surface area contributed by atoms with Gasteiger partial charge in [0.15, 0.2) is 11.2 Å². The maximum atomic E-state index is 12.3. The van der Waals surface area contributed by atoms with Gasteiger partial charge in [0.2, 0.25) is 0 Å². The van der Waals surface area contributed by atoms with E-state index >= 15 is 0 Å². The molecular weight excluding hydrogens is 308 g/mol. The number of hydrogen-bond donors (Lipinski definition) is 1. The van der Waals surface area contributed by atoms with Gasteiger partial charge in [-0.1, -0.05) is 19.1 Å². The molecule has 1 N–H and O–H groups in total. The summed E-state index contributed by atoms with van der Waals surface area (Å²) >= 11 is 1.59. The second-order valence-corrected chi connectivity index (χ2v) is 7.39. The predicted octanol–water partition coefficient (Wildman–Crippen LogP) is 3.98. The summed E-state index contributed by atoms with van der Waals surface area (Å²) in [7, 11) is 0. The highest BCUT2D eigenvalue weighted by atomic mass is 32.1.